The smallest absolute Gasteiger partial charge is 0.294 e. The number of amides is 3. The molecule has 14 nitrogen and oxygen atoms in total. The van der Waals surface area contributed by atoms with Crippen molar-refractivity contribution in [3.63, 3.8) is 0 Å². The number of ether oxygens (including phenoxy) is 1. The Bertz CT molecular complexity index is 2940. The van der Waals surface area contributed by atoms with Crippen LogP contribution >= 0.6 is 0 Å². The fourth-order valence-electron chi connectivity index (χ4n) is 9.69. The molecule has 366 valence electrons. The summed E-state index contributed by atoms with van der Waals surface area (Å²) in [4.78, 5) is 39.1. The minimum Gasteiger partial charge on any atom is -0.457 e. The molecule has 0 bridgehead atoms. The summed E-state index contributed by atoms with van der Waals surface area (Å²) in [7, 11) is -8.92. The van der Waals surface area contributed by atoms with Crippen molar-refractivity contribution in [2.45, 2.75) is 120 Å². The summed E-state index contributed by atoms with van der Waals surface area (Å²) in [5, 5.41) is 2.79. The van der Waals surface area contributed by atoms with E-state index < -0.39 is 37.5 Å². The minimum atomic E-state index is -4.50. The fraction of sp³-hybridized carbons (Fsp3) is 0.396. The third-order valence-corrected chi connectivity index (χ3v) is 15.2. The first-order chi connectivity index (χ1) is 32.6. The number of hydrogen-bond donors (Lipinski definition) is 3. The van der Waals surface area contributed by atoms with Crippen LogP contribution in [0.15, 0.2) is 130 Å². The second-order valence-electron chi connectivity index (χ2n) is 19.1. The Morgan fingerprint density at radius 1 is 0.783 bits per heavy atom. The molecular weight excluding hydrogens is 917 g/mol. The zero-order valence-corrected chi connectivity index (χ0v) is 41.9. The molecule has 0 saturated heterocycles. The average molecular weight is 980 g/mol. The number of rotatable bonds is 19. The van der Waals surface area contributed by atoms with Crippen molar-refractivity contribution in [3.8, 4) is 5.75 Å². The predicted octanol–water partition coefficient (Wildman–Crippen LogP) is 8.95. The van der Waals surface area contributed by atoms with Gasteiger partial charge in [0.1, 0.15) is 18.1 Å². The molecule has 3 aromatic rings. The normalized spacial score (nSPS) is 18.9. The number of fused-ring (bicyclic) bond motifs is 2. The molecule has 0 radical (unpaired) electrons. The van der Waals surface area contributed by atoms with Crippen molar-refractivity contribution >= 4 is 55.0 Å². The van der Waals surface area contributed by atoms with Gasteiger partial charge in [-0.05, 0) is 130 Å². The lowest BCUT2D eigenvalue weighted by Crippen LogP contribution is -2.38. The molecule has 7 rings (SSSR count). The number of carbonyl (C=O) groups excluding carboxylic acids is 3. The first-order valence-corrected chi connectivity index (χ1v) is 26.5. The van der Waals surface area contributed by atoms with Crippen LogP contribution in [0.3, 0.4) is 0 Å². The largest absolute Gasteiger partial charge is 0.457 e. The first kappa shape index (κ1) is 50.9. The molecule has 3 aliphatic heterocycles. The van der Waals surface area contributed by atoms with Crippen LogP contribution in [0.5, 0.6) is 5.75 Å². The highest BCUT2D eigenvalue weighted by atomic mass is 32.2. The molecule has 0 fully saturated rings. The molecule has 0 spiro atoms. The number of carbonyl (C=O) groups is 3. The van der Waals surface area contributed by atoms with Gasteiger partial charge in [0, 0.05) is 79.1 Å². The van der Waals surface area contributed by atoms with Crippen LogP contribution in [0.2, 0.25) is 0 Å². The van der Waals surface area contributed by atoms with Gasteiger partial charge in [0.15, 0.2) is 5.71 Å². The standard InChI is InChI=1S/C53H62N4O10S2/c1-7-8-31-55-44-24-16-36(2)34-42(44)52(3,4)46(55)26-17-37-13-12-14-38(51(37)67-39-19-21-40(22-20-39)68(61,62)63)18-27-47-53(5,6)43-35-41(69(64,65)66)23-25-45(43)56(47)32-11-9-10-15-48(58)54-30-33-57-49(59)28-29-50(57)60/h16-29,34-35H,7-15,30-33H2,1-6H3,(H2-,54,58,61,62,63,64,65,66)/p+1. The number of allylic oxidation sites excluding steroid dienone is 7. The van der Waals surface area contributed by atoms with Gasteiger partial charge in [-0.15, -0.1) is 0 Å². The van der Waals surface area contributed by atoms with Crippen molar-refractivity contribution < 1.29 is 49.6 Å². The Hall–Kier alpha value is -5.94. The Kier molecular flexibility index (Phi) is 15.2. The fourth-order valence-corrected chi connectivity index (χ4v) is 10.7. The summed E-state index contributed by atoms with van der Waals surface area (Å²) >= 11 is 0. The quantitative estimate of drug-likeness (QED) is 0.0450. The number of unbranched alkanes of at least 4 members (excludes halogenated alkanes) is 3. The number of nitrogens with one attached hydrogen (secondary N) is 1. The lowest BCUT2D eigenvalue weighted by Gasteiger charge is -2.27. The van der Waals surface area contributed by atoms with E-state index in [0.29, 0.717) is 50.2 Å². The van der Waals surface area contributed by atoms with E-state index in [1.165, 1.54) is 71.1 Å². The highest BCUT2D eigenvalue weighted by Crippen LogP contribution is 2.49. The van der Waals surface area contributed by atoms with E-state index >= 15 is 0 Å². The molecule has 0 atom stereocenters. The summed E-state index contributed by atoms with van der Waals surface area (Å²) in [6.07, 6.45) is 17.4. The summed E-state index contributed by atoms with van der Waals surface area (Å²) in [5.74, 6) is 0.0420. The lowest BCUT2D eigenvalue weighted by molar-refractivity contribution is -0.438. The van der Waals surface area contributed by atoms with Gasteiger partial charge in [-0.2, -0.15) is 21.4 Å². The second kappa shape index (κ2) is 20.6. The van der Waals surface area contributed by atoms with E-state index in [4.69, 9.17) is 4.74 Å². The van der Waals surface area contributed by atoms with Gasteiger partial charge in [-0.3, -0.25) is 28.4 Å². The van der Waals surface area contributed by atoms with Gasteiger partial charge < -0.3 is 15.0 Å². The van der Waals surface area contributed by atoms with Crippen LogP contribution in [0.4, 0.5) is 11.4 Å². The van der Waals surface area contributed by atoms with Gasteiger partial charge >= 0.3 is 0 Å². The van der Waals surface area contributed by atoms with Crippen LogP contribution in [0, 0.1) is 6.92 Å². The molecule has 0 unspecified atom stereocenters. The molecule has 3 heterocycles. The van der Waals surface area contributed by atoms with Crippen molar-refractivity contribution in [1.82, 2.24) is 10.2 Å². The lowest BCUT2D eigenvalue weighted by atomic mass is 9.80. The van der Waals surface area contributed by atoms with Gasteiger partial charge in [0.2, 0.25) is 11.6 Å². The topological polar surface area (TPSA) is 191 Å². The number of nitrogens with zero attached hydrogens (tertiary/aromatic N) is 3. The Morgan fingerprint density at radius 2 is 1.48 bits per heavy atom. The maximum Gasteiger partial charge on any atom is 0.294 e. The molecule has 0 aromatic heterocycles. The van der Waals surface area contributed by atoms with Gasteiger partial charge in [0.25, 0.3) is 32.1 Å². The van der Waals surface area contributed by atoms with Crippen LogP contribution in [-0.4, -0.2) is 85.0 Å². The molecule has 69 heavy (non-hydrogen) atoms. The highest BCUT2D eigenvalue weighted by Gasteiger charge is 2.44. The zero-order valence-electron chi connectivity index (χ0n) is 40.2. The van der Waals surface area contributed by atoms with E-state index in [0.717, 1.165) is 58.8 Å². The average Bonchev–Trinajstić information content (AvgIpc) is 3.80. The zero-order chi connectivity index (χ0) is 49.9. The molecule has 3 aromatic carbocycles. The predicted molar refractivity (Wildman–Crippen MR) is 266 cm³/mol. The van der Waals surface area contributed by atoms with Crippen LogP contribution in [0.1, 0.15) is 109 Å². The molecule has 16 heteroatoms. The Balaban J connectivity index is 1.21. The van der Waals surface area contributed by atoms with Gasteiger partial charge in [0.05, 0.1) is 15.2 Å². The van der Waals surface area contributed by atoms with E-state index in [2.05, 4.69) is 72.8 Å². The van der Waals surface area contributed by atoms with Crippen LogP contribution in [0.25, 0.3) is 0 Å². The summed E-state index contributed by atoms with van der Waals surface area (Å²) in [6.45, 7) is 14.5. The van der Waals surface area contributed by atoms with E-state index in [9.17, 15) is 40.3 Å². The van der Waals surface area contributed by atoms with Crippen molar-refractivity contribution in [1.29, 1.82) is 0 Å². The molecule has 4 aliphatic rings. The molecule has 3 amide bonds. The minimum absolute atomic E-state index is 0.0987. The number of hydrogen-bond acceptors (Lipinski definition) is 9. The third kappa shape index (κ3) is 11.3. The molecular formula is C53H63N4O10S2+. The van der Waals surface area contributed by atoms with E-state index in [-0.39, 0.29) is 40.6 Å². The maximum atomic E-state index is 12.6. The highest BCUT2D eigenvalue weighted by molar-refractivity contribution is 7.86. The second-order valence-corrected chi connectivity index (χ2v) is 22.0. The first-order valence-electron chi connectivity index (χ1n) is 23.7. The summed E-state index contributed by atoms with van der Waals surface area (Å²) in [6, 6.07) is 16.9. The number of anilines is 1. The number of benzene rings is 3. The number of aryl methyl sites for hydroxylation is 1. The van der Waals surface area contributed by atoms with E-state index in [1.807, 2.05) is 26.0 Å². The monoisotopic (exact) mass is 979 g/mol. The van der Waals surface area contributed by atoms with E-state index in [1.54, 1.807) is 6.07 Å². The SMILES string of the molecule is CCCC[N+]1=C(/C=C/C2=C(Oc3ccc(S(=O)(=O)O)cc3)C(=C/C=C3/N(CCCCCC(=O)NCCN4C(=O)C=CC4=O)c4ccc(S(=O)(=O)O)cc4C3(C)C)/CCC2)C(C)(C)c2cc(C)ccc21. The molecule has 3 N–H and O–H groups in total. The third-order valence-electron chi connectivity index (χ3n) is 13.5. The maximum absolute atomic E-state index is 12.6. The van der Waals surface area contributed by atoms with Gasteiger partial charge in [-0.25, -0.2) is 0 Å². The Morgan fingerprint density at radius 3 is 2.16 bits per heavy atom. The molecule has 1 aliphatic carbocycles. The molecule has 0 saturated carbocycles. The van der Waals surface area contributed by atoms with Crippen molar-refractivity contribution in [3.05, 3.63) is 136 Å². The Labute approximate surface area is 406 Å². The van der Waals surface area contributed by atoms with Crippen molar-refractivity contribution in [2.75, 3.05) is 31.1 Å². The van der Waals surface area contributed by atoms with Gasteiger partial charge in [-0.1, -0.05) is 51.3 Å². The number of imide groups is 1. The summed E-state index contributed by atoms with van der Waals surface area (Å²) in [5.41, 5.74) is 8.14. The van der Waals surface area contributed by atoms with Crippen LogP contribution in [-0.2, 0) is 45.4 Å². The van der Waals surface area contributed by atoms with Crippen LogP contribution < -0.4 is 15.0 Å². The summed E-state index contributed by atoms with van der Waals surface area (Å²) < 4.78 is 77.5. The van der Waals surface area contributed by atoms with Crippen molar-refractivity contribution in [2.24, 2.45) is 0 Å².